The van der Waals surface area contributed by atoms with Gasteiger partial charge in [0, 0.05) is 16.9 Å². The first-order valence-corrected chi connectivity index (χ1v) is 12.5. The van der Waals surface area contributed by atoms with E-state index in [4.69, 9.17) is 16.3 Å². The van der Waals surface area contributed by atoms with Crippen LogP contribution in [-0.4, -0.2) is 16.7 Å². The molecule has 36 heavy (non-hydrogen) atoms. The minimum absolute atomic E-state index is 0. The zero-order valence-corrected chi connectivity index (χ0v) is 23.1. The molecule has 4 nitrogen and oxygen atoms in total. The Labute approximate surface area is 239 Å². The third kappa shape index (κ3) is 5.96. The third-order valence-corrected chi connectivity index (χ3v) is 7.40. The van der Waals surface area contributed by atoms with Gasteiger partial charge in [-0.25, -0.2) is 9.37 Å². The number of aliphatic carboxylic acids is 1. The van der Waals surface area contributed by atoms with Gasteiger partial charge in [0.15, 0.2) is 0 Å². The Morgan fingerprint density at radius 3 is 2.78 bits per heavy atom. The van der Waals surface area contributed by atoms with Crippen molar-refractivity contribution in [3.8, 4) is 5.75 Å². The molecule has 5 rings (SSSR count). The first-order valence-electron chi connectivity index (χ1n) is 11.1. The molecule has 0 spiro atoms. The van der Waals surface area contributed by atoms with Crippen LogP contribution in [0.4, 0.5) is 4.39 Å². The van der Waals surface area contributed by atoms with Crippen molar-refractivity contribution in [3.63, 3.8) is 0 Å². The maximum Gasteiger partial charge on any atom is 1.00 e. The summed E-state index contributed by atoms with van der Waals surface area (Å²) in [6.07, 6.45) is 3.84. The number of hydrogen-bond donors (Lipinski definition) is 0. The van der Waals surface area contributed by atoms with Crippen LogP contribution in [-0.2, 0) is 11.4 Å². The van der Waals surface area contributed by atoms with Crippen LogP contribution < -0.4 is 39.4 Å². The quantitative estimate of drug-likeness (QED) is 0.361. The van der Waals surface area contributed by atoms with Gasteiger partial charge in [-0.3, -0.25) is 0 Å². The zero-order chi connectivity index (χ0) is 24.4. The summed E-state index contributed by atoms with van der Waals surface area (Å²) in [5, 5.41) is 11.7. The van der Waals surface area contributed by atoms with Crippen LogP contribution in [0.5, 0.6) is 5.75 Å². The number of carboxylic acids is 1. The predicted octanol–water partition coefficient (Wildman–Crippen LogP) is 3.06. The third-order valence-electron chi connectivity index (χ3n) is 5.83. The van der Waals surface area contributed by atoms with Crippen molar-refractivity contribution in [3.05, 3.63) is 106 Å². The van der Waals surface area contributed by atoms with Gasteiger partial charge in [0.25, 0.3) is 0 Å². The van der Waals surface area contributed by atoms with Crippen LogP contribution >= 0.6 is 23.4 Å². The molecule has 0 aliphatic carbocycles. The van der Waals surface area contributed by atoms with Crippen molar-refractivity contribution in [2.75, 3.05) is 5.75 Å². The Balaban J connectivity index is 0.00000304. The minimum atomic E-state index is -1.06. The van der Waals surface area contributed by atoms with Gasteiger partial charge >= 0.3 is 29.6 Å². The molecular weight excluding hydrogens is 508 g/mol. The summed E-state index contributed by atoms with van der Waals surface area (Å²) in [4.78, 5) is 15.6. The van der Waals surface area contributed by atoms with Gasteiger partial charge < -0.3 is 14.6 Å². The molecule has 0 saturated carbocycles. The Kier molecular flexibility index (Phi) is 8.75. The summed E-state index contributed by atoms with van der Waals surface area (Å²) in [5.74, 6) is -0.306. The Hall–Kier alpha value is -2.35. The number of halogens is 2. The SMILES string of the molecule is O=C([O-])CCSC1c2ccccc2COc2ccc(/C=C/c3ccc4cc(F)c(Cl)cc4n3)cc21.[Na+]. The van der Waals surface area contributed by atoms with Crippen LogP contribution in [0.25, 0.3) is 23.1 Å². The molecule has 1 atom stereocenters. The molecule has 1 aliphatic rings. The van der Waals surface area contributed by atoms with Crippen LogP contribution in [0.1, 0.15) is 39.6 Å². The number of pyridine rings is 1. The van der Waals surface area contributed by atoms with Crippen LogP contribution in [0.3, 0.4) is 0 Å². The Morgan fingerprint density at radius 1 is 1.11 bits per heavy atom. The van der Waals surface area contributed by atoms with Crippen molar-refractivity contribution in [2.24, 2.45) is 0 Å². The summed E-state index contributed by atoms with van der Waals surface area (Å²) >= 11 is 7.48. The molecule has 0 saturated heterocycles. The predicted molar refractivity (Wildman–Crippen MR) is 137 cm³/mol. The fourth-order valence-electron chi connectivity index (χ4n) is 4.10. The molecule has 0 amide bonds. The van der Waals surface area contributed by atoms with E-state index in [1.54, 1.807) is 11.8 Å². The second-order valence-corrected chi connectivity index (χ2v) is 9.81. The number of carbonyl (C=O) groups is 1. The summed E-state index contributed by atoms with van der Waals surface area (Å²) in [6.45, 7) is 0.458. The van der Waals surface area contributed by atoms with E-state index in [2.05, 4.69) is 17.1 Å². The standard InChI is InChI=1S/C28H21ClFNO3S.Na/c29-23-15-25-18(14-24(23)30)7-9-20(31-25)8-5-17-6-10-26-22(13-17)28(35-12-11-27(32)33)21-4-2-1-3-19(21)16-34-26;/h1-10,13-15,28H,11-12,16H2,(H,32,33);/q;+1/p-1/b8-5+;. The zero-order valence-electron chi connectivity index (χ0n) is 19.5. The van der Waals surface area contributed by atoms with Crippen LogP contribution in [0.2, 0.25) is 5.02 Å². The van der Waals surface area contributed by atoms with E-state index < -0.39 is 11.8 Å². The summed E-state index contributed by atoms with van der Waals surface area (Å²) in [5.41, 5.74) is 5.50. The molecule has 0 bridgehead atoms. The number of nitrogens with zero attached hydrogens (tertiary/aromatic N) is 1. The number of hydrogen-bond acceptors (Lipinski definition) is 5. The van der Waals surface area contributed by atoms with Crippen molar-refractivity contribution in [1.82, 2.24) is 4.98 Å². The van der Waals surface area contributed by atoms with E-state index in [1.165, 1.54) is 12.1 Å². The molecule has 3 aromatic carbocycles. The number of ether oxygens (including phenoxy) is 1. The first kappa shape index (κ1) is 26.7. The molecule has 4 aromatic rings. The minimum Gasteiger partial charge on any atom is -0.550 e. The number of carbonyl (C=O) groups excluding carboxylic acids is 1. The van der Waals surface area contributed by atoms with Crippen molar-refractivity contribution in [2.45, 2.75) is 18.3 Å². The molecule has 1 aromatic heterocycles. The molecule has 1 aliphatic heterocycles. The molecule has 2 heterocycles. The Bertz CT molecular complexity index is 1460. The van der Waals surface area contributed by atoms with Gasteiger partial charge in [-0.05, 0) is 65.3 Å². The van der Waals surface area contributed by atoms with E-state index in [-0.39, 0.29) is 46.3 Å². The van der Waals surface area contributed by atoms with Crippen LogP contribution in [0, 0.1) is 5.82 Å². The average molecular weight is 528 g/mol. The summed E-state index contributed by atoms with van der Waals surface area (Å²) in [7, 11) is 0. The van der Waals surface area contributed by atoms with Gasteiger partial charge in [0.05, 0.1) is 21.5 Å². The fraction of sp³-hybridized carbons (Fsp3) is 0.143. The number of thioether (sulfide) groups is 1. The van der Waals surface area contributed by atoms with Gasteiger partial charge in [0.2, 0.25) is 0 Å². The maximum absolute atomic E-state index is 13.7. The first-order chi connectivity index (χ1) is 17.0. The number of benzene rings is 3. The maximum atomic E-state index is 13.7. The summed E-state index contributed by atoms with van der Waals surface area (Å²) in [6, 6.07) is 20.6. The molecular formula is C28H20ClFNNaO3S. The average Bonchev–Trinajstić information content (AvgIpc) is 3.00. The number of aromatic nitrogens is 1. The number of rotatable bonds is 6. The molecule has 0 fully saturated rings. The van der Waals surface area contributed by atoms with E-state index in [1.807, 2.05) is 54.6 Å². The van der Waals surface area contributed by atoms with Crippen molar-refractivity contribution < 1.29 is 48.6 Å². The van der Waals surface area contributed by atoms with Crippen LogP contribution in [0.15, 0.2) is 66.7 Å². The molecule has 0 radical (unpaired) electrons. The molecule has 0 N–H and O–H groups in total. The van der Waals surface area contributed by atoms with Gasteiger partial charge in [-0.1, -0.05) is 54.1 Å². The fourth-order valence-corrected chi connectivity index (χ4v) is 5.55. The second kappa shape index (κ2) is 11.8. The van der Waals surface area contributed by atoms with E-state index in [9.17, 15) is 14.3 Å². The molecule has 1 unspecified atom stereocenters. The monoisotopic (exact) mass is 527 g/mol. The molecule has 176 valence electrons. The topological polar surface area (TPSA) is 62.2 Å². The van der Waals surface area contributed by atoms with E-state index >= 15 is 0 Å². The van der Waals surface area contributed by atoms with Gasteiger partial charge in [-0.15, -0.1) is 11.8 Å². The van der Waals surface area contributed by atoms with Gasteiger partial charge in [0.1, 0.15) is 18.2 Å². The normalized spacial score (nSPS) is 14.4. The van der Waals surface area contributed by atoms with Gasteiger partial charge in [-0.2, -0.15) is 0 Å². The number of carboxylic acid groups (broad SMARTS) is 1. The number of fused-ring (bicyclic) bond motifs is 3. The molecule has 8 heteroatoms. The van der Waals surface area contributed by atoms with E-state index in [0.717, 1.165) is 33.7 Å². The summed E-state index contributed by atoms with van der Waals surface area (Å²) < 4.78 is 19.8. The smallest absolute Gasteiger partial charge is 0.550 e. The van der Waals surface area contributed by atoms with Crippen molar-refractivity contribution in [1.29, 1.82) is 0 Å². The van der Waals surface area contributed by atoms with Crippen molar-refractivity contribution >= 4 is 52.4 Å². The van der Waals surface area contributed by atoms with E-state index in [0.29, 0.717) is 23.3 Å². The Morgan fingerprint density at radius 2 is 1.94 bits per heavy atom. The second-order valence-electron chi connectivity index (χ2n) is 8.19. The largest absolute Gasteiger partial charge is 1.00 e.